The van der Waals surface area contributed by atoms with Crippen LogP contribution in [0.2, 0.25) is 0 Å². The van der Waals surface area contributed by atoms with Gasteiger partial charge in [0, 0.05) is 15.8 Å². The smallest absolute Gasteiger partial charge is 0.319 e. The zero-order valence-electron chi connectivity index (χ0n) is 14.3. The Morgan fingerprint density at radius 1 is 1.33 bits per heavy atom. The Bertz CT molecular complexity index is 595. The minimum Gasteiger partial charge on any atom is -0.462 e. The van der Waals surface area contributed by atoms with Crippen LogP contribution in [-0.2, 0) is 14.3 Å². The quantitative estimate of drug-likeness (QED) is 0.467. The molecule has 0 spiro atoms. The van der Waals surface area contributed by atoms with Gasteiger partial charge in [-0.15, -0.1) is 11.8 Å². The number of hydrogen-bond acceptors (Lipinski definition) is 4. The van der Waals surface area contributed by atoms with Gasteiger partial charge in [0.1, 0.15) is 11.1 Å². The van der Waals surface area contributed by atoms with Crippen molar-refractivity contribution in [2.24, 2.45) is 0 Å². The summed E-state index contributed by atoms with van der Waals surface area (Å²) in [5.74, 6) is -1.06. The molecule has 0 aliphatic carbocycles. The topological polar surface area (TPSA) is 55.4 Å². The number of anilines is 1. The van der Waals surface area contributed by atoms with Gasteiger partial charge in [0.15, 0.2) is 0 Å². The normalized spacial score (nSPS) is 12.1. The van der Waals surface area contributed by atoms with Crippen molar-refractivity contribution in [3.63, 3.8) is 0 Å². The number of thioether (sulfide) groups is 1. The van der Waals surface area contributed by atoms with Gasteiger partial charge < -0.3 is 10.1 Å². The fraction of sp³-hybridized carbons (Fsp3) is 0.529. The molecule has 1 atom stereocenters. The van der Waals surface area contributed by atoms with Gasteiger partial charge in [-0.05, 0) is 54.8 Å². The monoisotopic (exact) mass is 419 g/mol. The van der Waals surface area contributed by atoms with E-state index in [-0.39, 0.29) is 23.7 Å². The molecule has 1 N–H and O–H groups in total. The first-order valence-corrected chi connectivity index (χ1v) is 9.61. The summed E-state index contributed by atoms with van der Waals surface area (Å²) in [6.07, 6.45) is 1.41. The number of amides is 1. The second-order valence-electron chi connectivity index (χ2n) is 5.56. The highest BCUT2D eigenvalue weighted by Crippen LogP contribution is 2.36. The zero-order chi connectivity index (χ0) is 18.3. The minimum atomic E-state index is -0.520. The van der Waals surface area contributed by atoms with Crippen LogP contribution in [0.5, 0.6) is 0 Å². The molecule has 0 bridgehead atoms. The molecule has 0 radical (unpaired) electrons. The molecule has 1 amide bonds. The molecule has 0 fully saturated rings. The second-order valence-corrected chi connectivity index (χ2v) is 7.66. The number of esters is 1. The minimum absolute atomic E-state index is 0.117. The van der Waals surface area contributed by atoms with Crippen LogP contribution in [-0.4, -0.2) is 23.2 Å². The fourth-order valence-corrected chi connectivity index (χ4v) is 3.49. The van der Waals surface area contributed by atoms with E-state index in [1.54, 1.807) is 19.9 Å². The van der Waals surface area contributed by atoms with Crippen molar-refractivity contribution in [2.75, 3.05) is 5.32 Å². The van der Waals surface area contributed by atoms with E-state index in [1.165, 1.54) is 17.8 Å². The third kappa shape index (κ3) is 6.43. The number of halogens is 2. The Morgan fingerprint density at radius 2 is 2.00 bits per heavy atom. The van der Waals surface area contributed by atoms with Crippen LogP contribution in [0.4, 0.5) is 10.1 Å². The van der Waals surface area contributed by atoms with Crippen molar-refractivity contribution in [1.29, 1.82) is 0 Å². The van der Waals surface area contributed by atoms with E-state index < -0.39 is 11.1 Å². The number of rotatable bonds is 8. The first-order valence-electron chi connectivity index (χ1n) is 7.94. The summed E-state index contributed by atoms with van der Waals surface area (Å²) in [6.45, 7) is 7.36. The van der Waals surface area contributed by atoms with Crippen molar-refractivity contribution >= 4 is 45.3 Å². The lowest BCUT2D eigenvalue weighted by Crippen LogP contribution is -2.22. The fourth-order valence-electron chi connectivity index (χ4n) is 1.91. The zero-order valence-corrected chi connectivity index (χ0v) is 16.7. The van der Waals surface area contributed by atoms with Gasteiger partial charge in [-0.2, -0.15) is 0 Å². The largest absolute Gasteiger partial charge is 0.462 e. The van der Waals surface area contributed by atoms with E-state index in [1.807, 2.05) is 13.8 Å². The molecule has 134 valence electrons. The van der Waals surface area contributed by atoms with E-state index >= 15 is 0 Å². The standard InChI is InChI=1S/C17H23BrFNO3S/c1-5-7-16(21)20-13-9-15(11(18)8-12(13)19)24-14(6-2)17(22)23-10(3)4/h8-10,14H,5-7H2,1-4H3,(H,20,21). The molecule has 24 heavy (non-hydrogen) atoms. The third-order valence-corrected chi connectivity index (χ3v) is 5.35. The summed E-state index contributed by atoms with van der Waals surface area (Å²) >= 11 is 4.60. The molecule has 0 aromatic heterocycles. The van der Waals surface area contributed by atoms with E-state index in [0.717, 1.165) is 0 Å². The number of carbonyl (C=O) groups excluding carboxylic acids is 2. The van der Waals surface area contributed by atoms with Crippen molar-refractivity contribution in [2.45, 2.75) is 63.2 Å². The van der Waals surface area contributed by atoms with Crippen LogP contribution in [0.15, 0.2) is 21.5 Å². The molecular formula is C17H23BrFNO3S. The summed E-state index contributed by atoms with van der Waals surface area (Å²) in [5.41, 5.74) is 0.117. The summed E-state index contributed by atoms with van der Waals surface area (Å²) in [7, 11) is 0. The average molecular weight is 420 g/mol. The number of nitrogens with one attached hydrogen (secondary N) is 1. The van der Waals surface area contributed by atoms with Crippen LogP contribution in [0.1, 0.15) is 47.0 Å². The first kappa shape index (κ1) is 21.0. The Kier molecular flexibility index (Phi) is 8.76. The number of ether oxygens (including phenoxy) is 1. The van der Waals surface area contributed by atoms with E-state index in [2.05, 4.69) is 21.2 Å². The molecule has 7 heteroatoms. The lowest BCUT2D eigenvalue weighted by molar-refractivity contribution is -0.146. The van der Waals surface area contributed by atoms with Crippen molar-refractivity contribution in [3.8, 4) is 0 Å². The van der Waals surface area contributed by atoms with E-state index in [0.29, 0.717) is 28.6 Å². The summed E-state index contributed by atoms with van der Waals surface area (Å²) in [5, 5.41) is 2.17. The molecule has 1 rings (SSSR count). The van der Waals surface area contributed by atoms with Gasteiger partial charge in [-0.1, -0.05) is 13.8 Å². The maximum Gasteiger partial charge on any atom is 0.319 e. The predicted octanol–water partition coefficient (Wildman–Crippen LogP) is 5.15. The van der Waals surface area contributed by atoms with Crippen LogP contribution in [0, 0.1) is 5.82 Å². The summed E-state index contributed by atoms with van der Waals surface area (Å²) in [6, 6.07) is 2.84. The van der Waals surface area contributed by atoms with Crippen LogP contribution in [0.25, 0.3) is 0 Å². The lowest BCUT2D eigenvalue weighted by Gasteiger charge is -2.17. The van der Waals surface area contributed by atoms with Gasteiger partial charge in [0.2, 0.25) is 5.91 Å². The van der Waals surface area contributed by atoms with Crippen LogP contribution >= 0.6 is 27.7 Å². The Labute approximate surface area is 155 Å². The van der Waals surface area contributed by atoms with Crippen molar-refractivity contribution in [3.05, 3.63) is 22.4 Å². The molecule has 0 aliphatic rings. The number of hydrogen-bond donors (Lipinski definition) is 1. The van der Waals surface area contributed by atoms with E-state index in [4.69, 9.17) is 4.74 Å². The second kappa shape index (κ2) is 10.0. The van der Waals surface area contributed by atoms with Gasteiger partial charge in [-0.3, -0.25) is 9.59 Å². The maximum atomic E-state index is 14.0. The highest BCUT2D eigenvalue weighted by atomic mass is 79.9. The Hall–Kier alpha value is -1.08. The summed E-state index contributed by atoms with van der Waals surface area (Å²) < 4.78 is 19.8. The van der Waals surface area contributed by atoms with Crippen molar-refractivity contribution in [1.82, 2.24) is 0 Å². The number of benzene rings is 1. The van der Waals surface area contributed by atoms with Gasteiger partial charge in [0.05, 0.1) is 11.8 Å². The maximum absolute atomic E-state index is 14.0. The van der Waals surface area contributed by atoms with Gasteiger partial charge >= 0.3 is 5.97 Å². The van der Waals surface area contributed by atoms with Gasteiger partial charge in [0.25, 0.3) is 0 Å². The third-order valence-electron chi connectivity index (χ3n) is 3.03. The first-order chi connectivity index (χ1) is 11.3. The number of carbonyl (C=O) groups is 2. The molecule has 0 saturated carbocycles. The predicted molar refractivity (Wildman–Crippen MR) is 98.8 cm³/mol. The molecule has 1 unspecified atom stereocenters. The lowest BCUT2D eigenvalue weighted by atomic mass is 10.2. The molecule has 0 aliphatic heterocycles. The summed E-state index contributed by atoms with van der Waals surface area (Å²) in [4.78, 5) is 24.5. The van der Waals surface area contributed by atoms with Gasteiger partial charge in [-0.25, -0.2) is 4.39 Å². The highest BCUT2D eigenvalue weighted by molar-refractivity contribution is 9.10. The Morgan fingerprint density at radius 3 is 2.54 bits per heavy atom. The molecular weight excluding hydrogens is 397 g/mol. The van der Waals surface area contributed by atoms with Crippen LogP contribution in [0.3, 0.4) is 0 Å². The molecule has 4 nitrogen and oxygen atoms in total. The van der Waals surface area contributed by atoms with Crippen LogP contribution < -0.4 is 5.32 Å². The SMILES string of the molecule is CCCC(=O)Nc1cc(SC(CC)C(=O)OC(C)C)c(Br)cc1F. The highest BCUT2D eigenvalue weighted by Gasteiger charge is 2.22. The average Bonchev–Trinajstić information content (AvgIpc) is 2.48. The molecule has 0 saturated heterocycles. The molecule has 1 aromatic rings. The van der Waals surface area contributed by atoms with E-state index in [9.17, 15) is 14.0 Å². The van der Waals surface area contributed by atoms with Crippen molar-refractivity contribution < 1.29 is 18.7 Å². The Balaban J connectivity index is 2.97. The molecule has 1 aromatic carbocycles. The molecule has 0 heterocycles.